The summed E-state index contributed by atoms with van der Waals surface area (Å²) in [5.41, 5.74) is 1.88. The third-order valence-corrected chi connectivity index (χ3v) is 2.64. The number of aromatic nitrogens is 2. The van der Waals surface area contributed by atoms with E-state index in [0.29, 0.717) is 6.61 Å². The lowest BCUT2D eigenvalue weighted by Gasteiger charge is -2.04. The molecule has 0 aliphatic heterocycles. The van der Waals surface area contributed by atoms with E-state index in [1.165, 1.54) is 4.57 Å². The van der Waals surface area contributed by atoms with Gasteiger partial charge in [0, 0.05) is 19.4 Å². The van der Waals surface area contributed by atoms with E-state index in [1.807, 2.05) is 24.3 Å². The van der Waals surface area contributed by atoms with Crippen LogP contribution >= 0.6 is 0 Å². The number of benzene rings is 1. The largest absolute Gasteiger partial charge is 0.332 e. The summed E-state index contributed by atoms with van der Waals surface area (Å²) in [4.78, 5) is 16.3. The highest BCUT2D eigenvalue weighted by Gasteiger charge is 2.03. The van der Waals surface area contributed by atoms with E-state index in [2.05, 4.69) is 4.84 Å². The van der Waals surface area contributed by atoms with Crippen molar-refractivity contribution >= 4 is 0 Å². The molecule has 0 saturated carbocycles. The second kappa shape index (κ2) is 4.99. The summed E-state index contributed by atoms with van der Waals surface area (Å²) >= 11 is 0. The molecular formula is C12H15N3O2. The smallest absolute Gasteiger partial charge is 0.304 e. The Kier molecular flexibility index (Phi) is 3.41. The molecule has 1 aromatic carbocycles. The molecule has 0 unspecified atom stereocenters. The number of hydrogen-bond donors (Lipinski definition) is 1. The van der Waals surface area contributed by atoms with Gasteiger partial charge in [0.2, 0.25) is 0 Å². The van der Waals surface area contributed by atoms with Crippen LogP contribution in [0.5, 0.6) is 0 Å². The van der Waals surface area contributed by atoms with Gasteiger partial charge >= 0.3 is 5.69 Å². The summed E-state index contributed by atoms with van der Waals surface area (Å²) in [6.07, 6.45) is 4.21. The standard InChI is InChI=1S/C12H15N3O2/c1-14-6-7-15(12(14)16)11-4-2-3-10(9-11)5-8-17-13/h2-4,6-7,9H,5,8,13H2,1H3. The molecule has 1 heterocycles. The Bertz CT molecular complexity index is 557. The maximum absolute atomic E-state index is 11.8. The van der Waals surface area contributed by atoms with Crippen molar-refractivity contribution in [2.75, 3.05) is 6.61 Å². The molecular weight excluding hydrogens is 218 g/mol. The van der Waals surface area contributed by atoms with Gasteiger partial charge in [0.1, 0.15) is 0 Å². The molecule has 5 heteroatoms. The average Bonchev–Trinajstić information content (AvgIpc) is 2.68. The minimum absolute atomic E-state index is 0.0581. The summed E-state index contributed by atoms with van der Waals surface area (Å²) in [6, 6.07) is 7.76. The van der Waals surface area contributed by atoms with Crippen molar-refractivity contribution in [2.45, 2.75) is 6.42 Å². The lowest BCUT2D eigenvalue weighted by Crippen LogP contribution is -2.20. The second-order valence-electron chi connectivity index (χ2n) is 3.85. The van der Waals surface area contributed by atoms with Crippen LogP contribution in [0.15, 0.2) is 41.5 Å². The number of nitrogens with two attached hydrogens (primary N) is 1. The SMILES string of the molecule is Cn1ccn(-c2cccc(CCON)c2)c1=O. The fourth-order valence-corrected chi connectivity index (χ4v) is 1.70. The maximum atomic E-state index is 11.8. The van der Waals surface area contributed by atoms with Gasteiger partial charge in [-0.1, -0.05) is 12.1 Å². The van der Waals surface area contributed by atoms with Crippen LogP contribution in [-0.4, -0.2) is 15.7 Å². The first-order valence-corrected chi connectivity index (χ1v) is 5.37. The minimum Gasteiger partial charge on any atom is -0.304 e. The zero-order valence-corrected chi connectivity index (χ0v) is 9.67. The Morgan fingerprint density at radius 3 is 2.82 bits per heavy atom. The Labute approximate surface area is 99.0 Å². The van der Waals surface area contributed by atoms with E-state index >= 15 is 0 Å². The molecule has 0 amide bonds. The quantitative estimate of drug-likeness (QED) is 0.787. The Morgan fingerprint density at radius 2 is 2.18 bits per heavy atom. The molecule has 2 N–H and O–H groups in total. The number of rotatable bonds is 4. The average molecular weight is 233 g/mol. The first-order chi connectivity index (χ1) is 8.22. The molecule has 2 rings (SSSR count). The number of nitrogens with zero attached hydrogens (tertiary/aromatic N) is 2. The highest BCUT2D eigenvalue weighted by Crippen LogP contribution is 2.09. The van der Waals surface area contributed by atoms with Gasteiger partial charge in [-0.15, -0.1) is 0 Å². The van der Waals surface area contributed by atoms with Gasteiger partial charge in [-0.05, 0) is 24.1 Å². The van der Waals surface area contributed by atoms with Crippen LogP contribution in [0.4, 0.5) is 0 Å². The predicted octanol–water partition coefficient (Wildman–Crippen LogP) is 0.609. The Hall–Kier alpha value is -1.85. The van der Waals surface area contributed by atoms with Crippen molar-refractivity contribution in [3.05, 3.63) is 52.7 Å². The summed E-state index contributed by atoms with van der Waals surface area (Å²) in [5, 5.41) is 0. The molecule has 2 aromatic rings. The molecule has 0 saturated heterocycles. The number of imidazole rings is 1. The third-order valence-electron chi connectivity index (χ3n) is 2.64. The zero-order chi connectivity index (χ0) is 12.3. The van der Waals surface area contributed by atoms with E-state index in [-0.39, 0.29) is 5.69 Å². The van der Waals surface area contributed by atoms with Crippen LogP contribution in [0.2, 0.25) is 0 Å². The Balaban J connectivity index is 2.33. The first kappa shape index (κ1) is 11.6. The molecule has 17 heavy (non-hydrogen) atoms. The number of aryl methyl sites for hydroxylation is 1. The fraction of sp³-hybridized carbons (Fsp3) is 0.250. The van der Waals surface area contributed by atoms with E-state index in [4.69, 9.17) is 5.90 Å². The molecule has 1 aromatic heterocycles. The van der Waals surface area contributed by atoms with Gasteiger partial charge in [-0.2, -0.15) is 0 Å². The monoisotopic (exact) mass is 233 g/mol. The van der Waals surface area contributed by atoms with Crippen molar-refractivity contribution < 1.29 is 4.84 Å². The van der Waals surface area contributed by atoms with Crippen LogP contribution < -0.4 is 11.6 Å². The minimum atomic E-state index is -0.0581. The molecule has 90 valence electrons. The summed E-state index contributed by atoms with van der Waals surface area (Å²) in [7, 11) is 1.73. The summed E-state index contributed by atoms with van der Waals surface area (Å²) in [6.45, 7) is 0.465. The zero-order valence-electron chi connectivity index (χ0n) is 9.67. The number of hydrogen-bond acceptors (Lipinski definition) is 3. The molecule has 5 nitrogen and oxygen atoms in total. The predicted molar refractivity (Wildman–Crippen MR) is 64.9 cm³/mol. The van der Waals surface area contributed by atoms with Gasteiger partial charge in [-0.25, -0.2) is 10.7 Å². The van der Waals surface area contributed by atoms with Crippen LogP contribution in [-0.2, 0) is 18.3 Å². The summed E-state index contributed by atoms with van der Waals surface area (Å²) < 4.78 is 3.14. The van der Waals surface area contributed by atoms with Crippen LogP contribution in [0.3, 0.4) is 0 Å². The third kappa shape index (κ3) is 2.46. The van der Waals surface area contributed by atoms with Gasteiger partial charge in [0.15, 0.2) is 0 Å². The van der Waals surface area contributed by atoms with E-state index < -0.39 is 0 Å². The van der Waals surface area contributed by atoms with Crippen molar-refractivity contribution in [1.82, 2.24) is 9.13 Å². The van der Waals surface area contributed by atoms with Gasteiger partial charge < -0.3 is 9.40 Å². The first-order valence-electron chi connectivity index (χ1n) is 5.37. The highest BCUT2D eigenvalue weighted by molar-refractivity contribution is 5.35. The Morgan fingerprint density at radius 1 is 1.35 bits per heavy atom. The highest BCUT2D eigenvalue weighted by atomic mass is 16.6. The maximum Gasteiger partial charge on any atom is 0.332 e. The normalized spacial score (nSPS) is 10.7. The second-order valence-corrected chi connectivity index (χ2v) is 3.85. The van der Waals surface area contributed by atoms with Crippen molar-refractivity contribution in [1.29, 1.82) is 0 Å². The van der Waals surface area contributed by atoms with Crippen LogP contribution in [0.25, 0.3) is 5.69 Å². The van der Waals surface area contributed by atoms with Crippen LogP contribution in [0.1, 0.15) is 5.56 Å². The molecule has 0 spiro atoms. The lowest BCUT2D eigenvalue weighted by molar-refractivity contribution is 0.141. The molecule has 0 aliphatic rings. The van der Waals surface area contributed by atoms with Gasteiger partial charge in [0.25, 0.3) is 0 Å². The van der Waals surface area contributed by atoms with E-state index in [1.54, 1.807) is 24.0 Å². The molecule has 0 aliphatic carbocycles. The molecule has 0 atom stereocenters. The fourth-order valence-electron chi connectivity index (χ4n) is 1.70. The topological polar surface area (TPSA) is 62.2 Å². The molecule has 0 bridgehead atoms. The van der Waals surface area contributed by atoms with E-state index in [9.17, 15) is 4.79 Å². The van der Waals surface area contributed by atoms with Crippen LogP contribution in [0, 0.1) is 0 Å². The van der Waals surface area contributed by atoms with Crippen molar-refractivity contribution in [2.24, 2.45) is 12.9 Å². The lowest BCUT2D eigenvalue weighted by atomic mass is 10.1. The van der Waals surface area contributed by atoms with Crippen molar-refractivity contribution in [3.63, 3.8) is 0 Å². The van der Waals surface area contributed by atoms with Gasteiger partial charge in [-0.3, -0.25) is 4.57 Å². The van der Waals surface area contributed by atoms with Gasteiger partial charge in [0.05, 0.1) is 12.3 Å². The van der Waals surface area contributed by atoms with E-state index in [0.717, 1.165) is 17.7 Å². The molecule has 0 radical (unpaired) electrons. The van der Waals surface area contributed by atoms with Crippen molar-refractivity contribution in [3.8, 4) is 5.69 Å². The molecule has 0 fully saturated rings. The summed E-state index contributed by atoms with van der Waals surface area (Å²) in [5.74, 6) is 4.99.